The lowest BCUT2D eigenvalue weighted by Gasteiger charge is -2.06. The van der Waals surface area contributed by atoms with E-state index in [1.807, 2.05) is 0 Å². The van der Waals surface area contributed by atoms with Gasteiger partial charge in [0.05, 0.1) is 13.1 Å². The molecule has 1 rings (SSSR count). The Kier molecular flexibility index (Phi) is 4.82. The third-order valence-electron chi connectivity index (χ3n) is 2.08. The van der Waals surface area contributed by atoms with Crippen LogP contribution in [0, 0.1) is 0 Å². The number of carbonyl (C=O) groups excluding carboxylic acids is 3. The molecule has 1 aromatic carbocycles. The van der Waals surface area contributed by atoms with E-state index in [0.29, 0.717) is 11.3 Å². The van der Waals surface area contributed by atoms with Gasteiger partial charge < -0.3 is 22.1 Å². The second kappa shape index (κ2) is 6.36. The highest BCUT2D eigenvalue weighted by atomic mass is 16.2. The maximum absolute atomic E-state index is 11.4. The number of benzene rings is 1. The van der Waals surface area contributed by atoms with Crippen molar-refractivity contribution in [2.45, 2.75) is 0 Å². The Morgan fingerprint density at radius 1 is 1.06 bits per heavy atom. The minimum Gasteiger partial charge on any atom is -0.366 e. The molecule has 0 atom stereocenters. The molecule has 7 nitrogen and oxygen atoms in total. The molecule has 3 amide bonds. The molecule has 0 radical (unpaired) electrons. The van der Waals surface area contributed by atoms with Crippen molar-refractivity contribution in [1.29, 1.82) is 0 Å². The monoisotopic (exact) mass is 250 g/mol. The molecule has 6 N–H and O–H groups in total. The van der Waals surface area contributed by atoms with Crippen molar-refractivity contribution >= 4 is 23.4 Å². The number of hydrogen-bond acceptors (Lipinski definition) is 4. The molecule has 0 aromatic heterocycles. The topological polar surface area (TPSA) is 127 Å². The van der Waals surface area contributed by atoms with Crippen LogP contribution in [0.15, 0.2) is 24.3 Å². The highest BCUT2D eigenvalue weighted by Crippen LogP contribution is 2.08. The molecule has 0 aliphatic heterocycles. The summed E-state index contributed by atoms with van der Waals surface area (Å²) in [6.07, 6.45) is 0. The van der Waals surface area contributed by atoms with Crippen LogP contribution in [0.25, 0.3) is 0 Å². The highest BCUT2D eigenvalue weighted by molar-refractivity contribution is 5.96. The molecular formula is C11H14N4O3. The van der Waals surface area contributed by atoms with Gasteiger partial charge in [0.2, 0.25) is 17.7 Å². The lowest BCUT2D eigenvalue weighted by atomic mass is 10.2. The van der Waals surface area contributed by atoms with Crippen LogP contribution in [0.1, 0.15) is 10.4 Å². The summed E-state index contributed by atoms with van der Waals surface area (Å²) >= 11 is 0. The van der Waals surface area contributed by atoms with Crippen LogP contribution in [0.2, 0.25) is 0 Å². The molecule has 0 aliphatic rings. The van der Waals surface area contributed by atoms with Gasteiger partial charge in [0.25, 0.3) is 0 Å². The molecule has 0 fully saturated rings. The van der Waals surface area contributed by atoms with Crippen LogP contribution in [-0.4, -0.2) is 30.8 Å². The summed E-state index contributed by atoms with van der Waals surface area (Å²) in [5.41, 5.74) is 11.0. The number of rotatable bonds is 5. The summed E-state index contributed by atoms with van der Waals surface area (Å²) < 4.78 is 0. The molecule has 0 unspecified atom stereocenters. The summed E-state index contributed by atoms with van der Waals surface area (Å²) in [5, 5.41) is 4.87. The zero-order valence-corrected chi connectivity index (χ0v) is 9.60. The van der Waals surface area contributed by atoms with Gasteiger partial charge in [-0.1, -0.05) is 0 Å². The molecule has 0 saturated heterocycles. The smallest absolute Gasteiger partial charge is 0.248 e. The van der Waals surface area contributed by atoms with Crippen molar-refractivity contribution < 1.29 is 14.4 Å². The van der Waals surface area contributed by atoms with Gasteiger partial charge in [0.15, 0.2) is 0 Å². The molecule has 0 heterocycles. The van der Waals surface area contributed by atoms with E-state index in [9.17, 15) is 14.4 Å². The number of nitrogens with two attached hydrogens (primary N) is 2. The predicted octanol–water partition coefficient (Wildman–Crippen LogP) is -1.20. The summed E-state index contributed by atoms with van der Waals surface area (Å²) in [6, 6.07) is 6.08. The number of carbonyl (C=O) groups is 3. The van der Waals surface area contributed by atoms with E-state index in [0.717, 1.165) is 0 Å². The summed E-state index contributed by atoms with van der Waals surface area (Å²) in [4.78, 5) is 33.0. The number of anilines is 1. The molecule has 7 heteroatoms. The first kappa shape index (κ1) is 13.7. The number of nitrogens with one attached hydrogen (secondary N) is 2. The van der Waals surface area contributed by atoms with E-state index in [1.54, 1.807) is 12.1 Å². The van der Waals surface area contributed by atoms with Crippen molar-refractivity contribution in [1.82, 2.24) is 5.32 Å². The van der Waals surface area contributed by atoms with Gasteiger partial charge >= 0.3 is 0 Å². The number of hydrogen-bond donors (Lipinski definition) is 4. The molecular weight excluding hydrogens is 236 g/mol. The van der Waals surface area contributed by atoms with E-state index >= 15 is 0 Å². The van der Waals surface area contributed by atoms with E-state index in [4.69, 9.17) is 11.5 Å². The number of primary amides is 1. The van der Waals surface area contributed by atoms with Gasteiger partial charge in [-0.3, -0.25) is 14.4 Å². The molecule has 1 aromatic rings. The highest BCUT2D eigenvalue weighted by Gasteiger charge is 2.05. The first-order valence-corrected chi connectivity index (χ1v) is 5.19. The fourth-order valence-corrected chi connectivity index (χ4v) is 1.17. The quantitative estimate of drug-likeness (QED) is 0.523. The van der Waals surface area contributed by atoms with Crippen molar-refractivity contribution in [2.75, 3.05) is 18.4 Å². The first-order valence-electron chi connectivity index (χ1n) is 5.19. The molecule has 0 bridgehead atoms. The Morgan fingerprint density at radius 2 is 1.67 bits per heavy atom. The third kappa shape index (κ3) is 4.22. The van der Waals surface area contributed by atoms with E-state index in [2.05, 4.69) is 10.6 Å². The minimum atomic E-state index is -0.539. The summed E-state index contributed by atoms with van der Waals surface area (Å²) in [5.74, 6) is -1.33. The molecule has 96 valence electrons. The fraction of sp³-hybridized carbons (Fsp3) is 0.182. The van der Waals surface area contributed by atoms with Crippen LogP contribution in [0.3, 0.4) is 0 Å². The lowest BCUT2D eigenvalue weighted by Crippen LogP contribution is -2.36. The maximum Gasteiger partial charge on any atom is 0.248 e. The SMILES string of the molecule is NCC(=O)NCC(=O)Nc1ccc(C(N)=O)cc1. The molecule has 0 aliphatic carbocycles. The number of amides is 3. The Labute approximate surface area is 104 Å². The first-order chi connectivity index (χ1) is 8.52. The van der Waals surface area contributed by atoms with Gasteiger partial charge in [0.1, 0.15) is 0 Å². The van der Waals surface area contributed by atoms with Crippen molar-refractivity contribution in [3.05, 3.63) is 29.8 Å². The molecule has 0 spiro atoms. The Balaban J connectivity index is 2.49. The second-order valence-electron chi connectivity index (χ2n) is 3.47. The van der Waals surface area contributed by atoms with E-state index in [1.165, 1.54) is 12.1 Å². The summed E-state index contributed by atoms with van der Waals surface area (Å²) in [6.45, 7) is -0.325. The maximum atomic E-state index is 11.4. The largest absolute Gasteiger partial charge is 0.366 e. The zero-order valence-electron chi connectivity index (χ0n) is 9.60. The van der Waals surface area contributed by atoms with Crippen LogP contribution >= 0.6 is 0 Å². The van der Waals surface area contributed by atoms with Gasteiger partial charge in [-0.2, -0.15) is 0 Å². The van der Waals surface area contributed by atoms with Crippen LogP contribution in [0.5, 0.6) is 0 Å². The fourth-order valence-electron chi connectivity index (χ4n) is 1.17. The van der Waals surface area contributed by atoms with Gasteiger partial charge in [-0.25, -0.2) is 0 Å². The van der Waals surface area contributed by atoms with Crippen LogP contribution in [0.4, 0.5) is 5.69 Å². The average molecular weight is 250 g/mol. The minimum absolute atomic E-state index is 0.159. The zero-order chi connectivity index (χ0) is 13.5. The van der Waals surface area contributed by atoms with Crippen molar-refractivity contribution in [3.8, 4) is 0 Å². The average Bonchev–Trinajstić information content (AvgIpc) is 2.36. The van der Waals surface area contributed by atoms with E-state index in [-0.39, 0.29) is 19.0 Å². The molecule has 0 saturated carbocycles. The standard InChI is InChI=1S/C11H14N4O3/c12-5-9(16)14-6-10(17)15-8-3-1-7(2-4-8)11(13)18/h1-4H,5-6,12H2,(H2,13,18)(H,14,16)(H,15,17). The van der Waals surface area contributed by atoms with Gasteiger partial charge in [-0.15, -0.1) is 0 Å². The Morgan fingerprint density at radius 3 is 2.17 bits per heavy atom. The predicted molar refractivity (Wildman–Crippen MR) is 65.7 cm³/mol. The van der Waals surface area contributed by atoms with Crippen LogP contribution < -0.4 is 22.1 Å². The Bertz CT molecular complexity index is 456. The summed E-state index contributed by atoms with van der Waals surface area (Å²) in [7, 11) is 0. The van der Waals surface area contributed by atoms with Crippen molar-refractivity contribution in [3.63, 3.8) is 0 Å². The second-order valence-corrected chi connectivity index (χ2v) is 3.47. The lowest BCUT2D eigenvalue weighted by molar-refractivity contribution is -0.123. The Hall–Kier alpha value is -2.41. The third-order valence-corrected chi connectivity index (χ3v) is 2.08. The normalized spacial score (nSPS) is 9.61. The van der Waals surface area contributed by atoms with E-state index < -0.39 is 11.8 Å². The van der Waals surface area contributed by atoms with Gasteiger partial charge in [0, 0.05) is 11.3 Å². The van der Waals surface area contributed by atoms with Gasteiger partial charge in [-0.05, 0) is 24.3 Å². The van der Waals surface area contributed by atoms with Crippen LogP contribution in [-0.2, 0) is 9.59 Å². The van der Waals surface area contributed by atoms with Crippen molar-refractivity contribution in [2.24, 2.45) is 11.5 Å². The molecule has 18 heavy (non-hydrogen) atoms.